The van der Waals surface area contributed by atoms with E-state index in [-0.39, 0.29) is 11.9 Å². The third kappa shape index (κ3) is 3.25. The van der Waals surface area contributed by atoms with Crippen molar-refractivity contribution in [3.63, 3.8) is 0 Å². The first-order chi connectivity index (χ1) is 8.57. The summed E-state index contributed by atoms with van der Waals surface area (Å²) in [5, 5.41) is 9.54. The lowest BCUT2D eigenvalue weighted by molar-refractivity contribution is -0.141. The summed E-state index contributed by atoms with van der Waals surface area (Å²) in [6, 6.07) is 2.55. The van der Waals surface area contributed by atoms with Gasteiger partial charge < -0.3 is 4.90 Å². The standard InChI is InChI=1S/C15H26N2O/c1-4-11-17(13(2)3)14(18)15(12-16)9-7-5-6-8-10-15/h13H,4-11H2,1-3H3. The van der Waals surface area contributed by atoms with Gasteiger partial charge in [0.1, 0.15) is 5.41 Å². The summed E-state index contributed by atoms with van der Waals surface area (Å²) in [6.07, 6.45) is 6.78. The fourth-order valence-electron chi connectivity index (χ4n) is 2.82. The summed E-state index contributed by atoms with van der Waals surface area (Å²) < 4.78 is 0. The first-order valence-corrected chi connectivity index (χ1v) is 7.29. The van der Waals surface area contributed by atoms with Crippen molar-refractivity contribution in [1.29, 1.82) is 5.26 Å². The van der Waals surface area contributed by atoms with Crippen LogP contribution in [0.1, 0.15) is 65.7 Å². The van der Waals surface area contributed by atoms with Crippen LogP contribution in [0.3, 0.4) is 0 Å². The van der Waals surface area contributed by atoms with Crippen LogP contribution in [-0.4, -0.2) is 23.4 Å². The highest BCUT2D eigenvalue weighted by Crippen LogP contribution is 2.36. The number of carbonyl (C=O) groups excluding carboxylic acids is 1. The van der Waals surface area contributed by atoms with Gasteiger partial charge in [-0.05, 0) is 33.1 Å². The molecule has 18 heavy (non-hydrogen) atoms. The van der Waals surface area contributed by atoms with Crippen molar-refractivity contribution in [1.82, 2.24) is 4.90 Å². The fraction of sp³-hybridized carbons (Fsp3) is 0.867. The van der Waals surface area contributed by atoms with Crippen molar-refractivity contribution >= 4 is 5.91 Å². The lowest BCUT2D eigenvalue weighted by Crippen LogP contribution is -2.46. The maximum atomic E-state index is 12.7. The second-order valence-corrected chi connectivity index (χ2v) is 5.70. The van der Waals surface area contributed by atoms with Gasteiger partial charge in [-0.1, -0.05) is 32.6 Å². The Balaban J connectivity index is 2.91. The van der Waals surface area contributed by atoms with Crippen LogP contribution in [0, 0.1) is 16.7 Å². The highest BCUT2D eigenvalue weighted by molar-refractivity contribution is 5.85. The number of amides is 1. The molecule has 1 rings (SSSR count). The van der Waals surface area contributed by atoms with Gasteiger partial charge in [0.15, 0.2) is 0 Å². The van der Waals surface area contributed by atoms with E-state index >= 15 is 0 Å². The topological polar surface area (TPSA) is 44.1 Å². The third-order valence-corrected chi connectivity index (χ3v) is 3.93. The number of hydrogen-bond acceptors (Lipinski definition) is 2. The van der Waals surface area contributed by atoms with Gasteiger partial charge in [0, 0.05) is 12.6 Å². The Kier molecular flexibility index (Phi) is 5.65. The molecule has 1 fully saturated rings. The van der Waals surface area contributed by atoms with Crippen LogP contribution < -0.4 is 0 Å². The monoisotopic (exact) mass is 250 g/mol. The lowest BCUT2D eigenvalue weighted by Gasteiger charge is -2.34. The molecule has 0 aliphatic heterocycles. The normalized spacial score (nSPS) is 19.1. The van der Waals surface area contributed by atoms with Crippen molar-refractivity contribution < 1.29 is 4.79 Å². The van der Waals surface area contributed by atoms with Gasteiger partial charge in [-0.15, -0.1) is 0 Å². The molecular weight excluding hydrogens is 224 g/mol. The minimum atomic E-state index is -0.740. The van der Waals surface area contributed by atoms with Crippen molar-refractivity contribution in [2.45, 2.75) is 71.8 Å². The van der Waals surface area contributed by atoms with Gasteiger partial charge >= 0.3 is 0 Å². The average Bonchev–Trinajstić information content (AvgIpc) is 2.61. The Hall–Kier alpha value is -1.04. The van der Waals surface area contributed by atoms with Crippen LogP contribution in [0.25, 0.3) is 0 Å². The Morgan fingerprint density at radius 2 is 1.83 bits per heavy atom. The van der Waals surface area contributed by atoms with Gasteiger partial charge in [0.05, 0.1) is 6.07 Å². The number of hydrogen-bond donors (Lipinski definition) is 0. The summed E-state index contributed by atoms with van der Waals surface area (Å²) >= 11 is 0. The molecule has 0 atom stereocenters. The Morgan fingerprint density at radius 1 is 1.28 bits per heavy atom. The third-order valence-electron chi connectivity index (χ3n) is 3.93. The molecule has 1 aliphatic rings. The molecule has 1 aliphatic carbocycles. The molecule has 102 valence electrons. The van der Waals surface area contributed by atoms with E-state index in [1.807, 2.05) is 18.7 Å². The number of carbonyl (C=O) groups is 1. The van der Waals surface area contributed by atoms with Crippen LogP contribution >= 0.6 is 0 Å². The molecular formula is C15H26N2O. The smallest absolute Gasteiger partial charge is 0.243 e. The van der Waals surface area contributed by atoms with Gasteiger partial charge in [-0.25, -0.2) is 0 Å². The number of nitriles is 1. The zero-order valence-corrected chi connectivity index (χ0v) is 12.0. The van der Waals surface area contributed by atoms with Crippen LogP contribution in [0.5, 0.6) is 0 Å². The van der Waals surface area contributed by atoms with Crippen molar-refractivity contribution in [2.75, 3.05) is 6.54 Å². The molecule has 0 heterocycles. The van der Waals surface area contributed by atoms with Crippen LogP contribution in [-0.2, 0) is 4.79 Å². The quantitative estimate of drug-likeness (QED) is 0.717. The van der Waals surface area contributed by atoms with Crippen molar-refractivity contribution in [2.24, 2.45) is 5.41 Å². The van der Waals surface area contributed by atoms with Crippen molar-refractivity contribution in [3.8, 4) is 6.07 Å². The maximum absolute atomic E-state index is 12.7. The molecule has 3 heteroatoms. The fourth-order valence-corrected chi connectivity index (χ4v) is 2.82. The van der Waals surface area contributed by atoms with E-state index in [4.69, 9.17) is 0 Å². The van der Waals surface area contributed by atoms with Gasteiger partial charge in [0.2, 0.25) is 5.91 Å². The van der Waals surface area contributed by atoms with E-state index < -0.39 is 5.41 Å². The second-order valence-electron chi connectivity index (χ2n) is 5.70. The molecule has 0 aromatic carbocycles. The van der Waals surface area contributed by atoms with E-state index in [1.54, 1.807) is 0 Å². The van der Waals surface area contributed by atoms with E-state index in [0.29, 0.717) is 0 Å². The zero-order valence-electron chi connectivity index (χ0n) is 12.0. The maximum Gasteiger partial charge on any atom is 0.243 e. The van der Waals surface area contributed by atoms with E-state index in [9.17, 15) is 10.1 Å². The Bertz CT molecular complexity index is 309. The summed E-state index contributed by atoms with van der Waals surface area (Å²) in [4.78, 5) is 14.6. The summed E-state index contributed by atoms with van der Waals surface area (Å²) in [7, 11) is 0. The highest BCUT2D eigenvalue weighted by atomic mass is 16.2. The highest BCUT2D eigenvalue weighted by Gasteiger charge is 2.41. The van der Waals surface area contributed by atoms with E-state index in [0.717, 1.165) is 51.5 Å². The minimum Gasteiger partial charge on any atom is -0.339 e. The summed E-state index contributed by atoms with van der Waals surface area (Å²) in [5.74, 6) is 0.0729. The van der Waals surface area contributed by atoms with Crippen molar-refractivity contribution in [3.05, 3.63) is 0 Å². The molecule has 0 unspecified atom stereocenters. The van der Waals surface area contributed by atoms with Crippen LogP contribution in [0.2, 0.25) is 0 Å². The first-order valence-electron chi connectivity index (χ1n) is 7.29. The molecule has 0 spiro atoms. The van der Waals surface area contributed by atoms with E-state index in [2.05, 4.69) is 13.0 Å². The zero-order chi connectivity index (χ0) is 13.6. The molecule has 0 saturated heterocycles. The lowest BCUT2D eigenvalue weighted by atomic mass is 9.80. The Labute approximate surface area is 111 Å². The molecule has 1 saturated carbocycles. The molecule has 3 nitrogen and oxygen atoms in total. The summed E-state index contributed by atoms with van der Waals surface area (Å²) in [5.41, 5.74) is -0.740. The first kappa shape index (κ1) is 15.0. The predicted octanol–water partition coefficient (Wildman–Crippen LogP) is 3.50. The molecule has 0 aromatic heterocycles. The van der Waals surface area contributed by atoms with Gasteiger partial charge in [-0.3, -0.25) is 4.79 Å². The van der Waals surface area contributed by atoms with Crippen LogP contribution in [0.4, 0.5) is 0 Å². The average molecular weight is 250 g/mol. The van der Waals surface area contributed by atoms with Crippen LogP contribution in [0.15, 0.2) is 0 Å². The molecule has 0 radical (unpaired) electrons. The molecule has 1 amide bonds. The Morgan fingerprint density at radius 3 is 2.22 bits per heavy atom. The predicted molar refractivity (Wildman–Crippen MR) is 72.9 cm³/mol. The number of rotatable bonds is 4. The number of nitrogens with zero attached hydrogens (tertiary/aromatic N) is 2. The SMILES string of the molecule is CCCN(C(=O)C1(C#N)CCCCCC1)C(C)C. The second kappa shape index (κ2) is 6.78. The molecule has 0 aromatic rings. The minimum absolute atomic E-state index is 0.0729. The molecule has 0 bridgehead atoms. The van der Waals surface area contributed by atoms with Gasteiger partial charge in [-0.2, -0.15) is 5.26 Å². The van der Waals surface area contributed by atoms with Gasteiger partial charge in [0.25, 0.3) is 0 Å². The summed E-state index contributed by atoms with van der Waals surface area (Å²) in [6.45, 7) is 6.92. The van der Waals surface area contributed by atoms with E-state index in [1.165, 1.54) is 0 Å². The largest absolute Gasteiger partial charge is 0.339 e. The molecule has 0 N–H and O–H groups in total.